The average Bonchev–Trinajstić information content (AvgIpc) is 3.20. The molecule has 4 rings (SSSR count). The number of nitrogens with one attached hydrogen (secondary N) is 2. The van der Waals surface area contributed by atoms with Gasteiger partial charge in [-0.2, -0.15) is 13.2 Å². The van der Waals surface area contributed by atoms with Gasteiger partial charge in [0, 0.05) is 29.5 Å². The molecule has 0 saturated heterocycles. The van der Waals surface area contributed by atoms with E-state index in [4.69, 9.17) is 5.73 Å². The number of benzene rings is 1. The summed E-state index contributed by atoms with van der Waals surface area (Å²) in [5, 5.41) is 5.78. The van der Waals surface area contributed by atoms with E-state index in [2.05, 4.69) is 20.6 Å². The molecule has 1 amide bonds. The van der Waals surface area contributed by atoms with Crippen LogP contribution in [0.1, 0.15) is 35.3 Å². The predicted molar refractivity (Wildman–Crippen MR) is 96.8 cm³/mol. The number of fused-ring (bicyclic) bond motifs is 2. The van der Waals surface area contributed by atoms with Crippen LogP contribution in [0.25, 0.3) is 0 Å². The molecule has 0 spiro atoms. The maximum absolute atomic E-state index is 12.8. The average molecular weight is 391 g/mol. The van der Waals surface area contributed by atoms with Crippen LogP contribution in [0, 0.1) is 11.8 Å². The van der Waals surface area contributed by atoms with Gasteiger partial charge in [0.05, 0.1) is 0 Å². The summed E-state index contributed by atoms with van der Waals surface area (Å²) in [6, 6.07) is 7.68. The van der Waals surface area contributed by atoms with Crippen molar-refractivity contribution in [1.29, 1.82) is 0 Å². The van der Waals surface area contributed by atoms with Crippen LogP contribution in [-0.4, -0.2) is 28.0 Å². The van der Waals surface area contributed by atoms with Crippen LogP contribution >= 0.6 is 0 Å². The minimum atomic E-state index is -4.55. The van der Waals surface area contributed by atoms with Gasteiger partial charge in [-0.3, -0.25) is 4.79 Å². The summed E-state index contributed by atoms with van der Waals surface area (Å²) in [5.41, 5.74) is 5.87. The zero-order chi connectivity index (χ0) is 19.9. The zero-order valence-corrected chi connectivity index (χ0v) is 14.9. The molecule has 1 heterocycles. The number of amides is 1. The second kappa shape index (κ2) is 7.05. The van der Waals surface area contributed by atoms with Crippen LogP contribution in [0.2, 0.25) is 0 Å². The monoisotopic (exact) mass is 391 g/mol. The van der Waals surface area contributed by atoms with Gasteiger partial charge >= 0.3 is 6.18 Å². The molecule has 2 aliphatic rings. The van der Waals surface area contributed by atoms with E-state index >= 15 is 0 Å². The Kier molecular flexibility index (Phi) is 4.70. The number of halogens is 3. The molecule has 2 bridgehead atoms. The molecule has 148 valence electrons. The van der Waals surface area contributed by atoms with Crippen LogP contribution in [0.3, 0.4) is 0 Å². The fourth-order valence-electron chi connectivity index (χ4n) is 4.19. The number of aromatic nitrogens is 2. The van der Waals surface area contributed by atoms with Crippen molar-refractivity contribution in [1.82, 2.24) is 15.3 Å². The molecule has 0 radical (unpaired) electrons. The summed E-state index contributed by atoms with van der Waals surface area (Å²) in [4.78, 5) is 19.9. The minimum Gasteiger partial charge on any atom is -0.349 e. The van der Waals surface area contributed by atoms with Gasteiger partial charge in [0.15, 0.2) is 0 Å². The molecule has 9 heteroatoms. The number of anilines is 2. The first kappa shape index (κ1) is 18.7. The number of nitrogens with two attached hydrogens (primary N) is 1. The van der Waals surface area contributed by atoms with Gasteiger partial charge in [0.25, 0.3) is 5.91 Å². The molecule has 2 aromatic rings. The van der Waals surface area contributed by atoms with Gasteiger partial charge in [-0.05, 0) is 55.4 Å². The molecule has 2 aliphatic carbocycles. The Morgan fingerprint density at radius 3 is 2.64 bits per heavy atom. The van der Waals surface area contributed by atoms with Gasteiger partial charge in [-0.25, -0.2) is 9.97 Å². The lowest BCUT2D eigenvalue weighted by Gasteiger charge is -2.26. The molecule has 4 N–H and O–H groups in total. The Morgan fingerprint density at radius 2 is 1.96 bits per heavy atom. The Hall–Kier alpha value is -2.68. The van der Waals surface area contributed by atoms with E-state index in [0.717, 1.165) is 31.5 Å². The first-order valence-corrected chi connectivity index (χ1v) is 9.13. The molecule has 2 fully saturated rings. The first-order valence-electron chi connectivity index (χ1n) is 9.13. The van der Waals surface area contributed by atoms with E-state index in [1.54, 1.807) is 24.3 Å². The molecule has 28 heavy (non-hydrogen) atoms. The second-order valence-electron chi connectivity index (χ2n) is 7.44. The van der Waals surface area contributed by atoms with Gasteiger partial charge in [-0.15, -0.1) is 0 Å². The van der Waals surface area contributed by atoms with E-state index in [9.17, 15) is 18.0 Å². The largest absolute Gasteiger partial charge is 0.433 e. The number of rotatable bonds is 4. The van der Waals surface area contributed by atoms with Crippen LogP contribution in [0.15, 0.2) is 36.5 Å². The number of hydrogen-bond acceptors (Lipinski definition) is 5. The third-order valence-electron chi connectivity index (χ3n) is 5.56. The van der Waals surface area contributed by atoms with Crippen molar-refractivity contribution in [3.8, 4) is 0 Å². The standard InChI is InChI=1S/C19H20F3N5O/c20-19(21,22)16-4-5-24-18(27-16)25-13-3-1-2-10(7-13)17(28)26-15-9-11-6-12(15)8-14(11)23/h1-5,7,11-12,14-15H,6,8-9,23H2,(H,26,28)(H,24,25,27). The van der Waals surface area contributed by atoms with Gasteiger partial charge in [0.1, 0.15) is 5.69 Å². The lowest BCUT2D eigenvalue weighted by atomic mass is 9.91. The fraction of sp³-hybridized carbons (Fsp3) is 0.421. The molecule has 2 saturated carbocycles. The SMILES string of the molecule is NC1CC2CC1CC2NC(=O)c1cccc(Nc2nccc(C(F)(F)F)n2)c1. The van der Waals surface area contributed by atoms with Crippen molar-refractivity contribution < 1.29 is 18.0 Å². The first-order chi connectivity index (χ1) is 13.3. The normalized spacial score (nSPS) is 26.3. The number of nitrogens with zero attached hydrogens (tertiary/aromatic N) is 2. The number of hydrogen-bond donors (Lipinski definition) is 3. The van der Waals surface area contributed by atoms with E-state index in [1.807, 2.05) is 0 Å². The van der Waals surface area contributed by atoms with Crippen LogP contribution in [0.4, 0.5) is 24.8 Å². The van der Waals surface area contributed by atoms with E-state index in [1.165, 1.54) is 0 Å². The highest BCUT2D eigenvalue weighted by Crippen LogP contribution is 2.43. The third-order valence-corrected chi connectivity index (χ3v) is 5.56. The van der Waals surface area contributed by atoms with E-state index < -0.39 is 11.9 Å². The number of carbonyl (C=O) groups excluding carboxylic acids is 1. The third kappa shape index (κ3) is 3.80. The summed E-state index contributed by atoms with van der Waals surface area (Å²) >= 11 is 0. The van der Waals surface area contributed by atoms with Crippen molar-refractivity contribution >= 4 is 17.5 Å². The minimum absolute atomic E-state index is 0.126. The topological polar surface area (TPSA) is 92.9 Å². The fourth-order valence-corrected chi connectivity index (χ4v) is 4.19. The lowest BCUT2D eigenvalue weighted by Crippen LogP contribution is -2.42. The van der Waals surface area contributed by atoms with Crippen molar-refractivity contribution in [3.05, 3.63) is 47.8 Å². The summed E-state index contributed by atoms with van der Waals surface area (Å²) in [6.07, 6.45) is -0.628. The Morgan fingerprint density at radius 1 is 1.14 bits per heavy atom. The molecule has 1 aromatic heterocycles. The highest BCUT2D eigenvalue weighted by molar-refractivity contribution is 5.95. The number of carbonyl (C=O) groups is 1. The quantitative estimate of drug-likeness (QED) is 0.745. The number of alkyl halides is 3. The Bertz CT molecular complexity index is 886. The van der Waals surface area contributed by atoms with Gasteiger partial charge < -0.3 is 16.4 Å². The summed E-state index contributed by atoms with van der Waals surface area (Å²) in [5.74, 6) is 0.499. The van der Waals surface area contributed by atoms with Crippen molar-refractivity contribution in [2.24, 2.45) is 17.6 Å². The van der Waals surface area contributed by atoms with E-state index in [0.29, 0.717) is 23.1 Å². The molecule has 1 aromatic carbocycles. The molecule has 6 nitrogen and oxygen atoms in total. The summed E-state index contributed by atoms with van der Waals surface area (Å²) in [7, 11) is 0. The molecule has 4 unspecified atom stereocenters. The van der Waals surface area contributed by atoms with Crippen molar-refractivity contribution in [2.45, 2.75) is 37.5 Å². The summed E-state index contributed by atoms with van der Waals surface area (Å²) in [6.45, 7) is 0. The molecular formula is C19H20F3N5O. The highest BCUT2D eigenvalue weighted by Gasteiger charge is 2.44. The predicted octanol–water partition coefficient (Wildman–Crippen LogP) is 3.09. The Balaban J connectivity index is 1.44. The smallest absolute Gasteiger partial charge is 0.349 e. The highest BCUT2D eigenvalue weighted by atomic mass is 19.4. The van der Waals surface area contributed by atoms with Crippen molar-refractivity contribution in [2.75, 3.05) is 5.32 Å². The second-order valence-corrected chi connectivity index (χ2v) is 7.44. The van der Waals surface area contributed by atoms with Crippen LogP contribution in [-0.2, 0) is 6.18 Å². The Labute approximate surface area is 159 Å². The van der Waals surface area contributed by atoms with E-state index in [-0.39, 0.29) is 23.9 Å². The van der Waals surface area contributed by atoms with Gasteiger partial charge in [0.2, 0.25) is 5.95 Å². The molecule has 0 aliphatic heterocycles. The maximum atomic E-state index is 12.8. The molecular weight excluding hydrogens is 371 g/mol. The molecule has 4 atom stereocenters. The van der Waals surface area contributed by atoms with Crippen molar-refractivity contribution in [3.63, 3.8) is 0 Å². The van der Waals surface area contributed by atoms with Crippen LogP contribution < -0.4 is 16.4 Å². The van der Waals surface area contributed by atoms with Gasteiger partial charge in [-0.1, -0.05) is 6.07 Å². The summed E-state index contributed by atoms with van der Waals surface area (Å²) < 4.78 is 38.3. The lowest BCUT2D eigenvalue weighted by molar-refractivity contribution is -0.141. The zero-order valence-electron chi connectivity index (χ0n) is 14.9. The maximum Gasteiger partial charge on any atom is 0.433 e. The van der Waals surface area contributed by atoms with Crippen LogP contribution in [0.5, 0.6) is 0 Å².